The number of imidazole rings is 1. The number of aromatic nitrogens is 4. The monoisotopic (exact) mass is 437 g/mol. The molecule has 0 aliphatic carbocycles. The highest BCUT2D eigenvalue weighted by molar-refractivity contribution is 6.09. The molecule has 0 spiro atoms. The fraction of sp³-hybridized carbons (Fsp3) is 0.333. The maximum atomic E-state index is 13.0. The number of fused-ring (bicyclic) bond motifs is 1. The van der Waals surface area contributed by atoms with Crippen LogP contribution < -0.4 is 11.1 Å². The second-order valence-electron chi connectivity index (χ2n) is 7.39. The normalized spacial score (nSPS) is 18.2. The van der Waals surface area contributed by atoms with Gasteiger partial charge in [0.25, 0.3) is 5.91 Å². The number of aryl methyl sites for hydroxylation is 1. The fourth-order valence-electron chi connectivity index (χ4n) is 3.79. The molecule has 4 rings (SSSR count). The van der Waals surface area contributed by atoms with Gasteiger partial charge in [0.1, 0.15) is 23.9 Å². The van der Waals surface area contributed by atoms with Crippen molar-refractivity contribution in [2.45, 2.75) is 31.8 Å². The molecule has 1 aliphatic heterocycles. The van der Waals surface area contributed by atoms with Crippen molar-refractivity contribution in [3.05, 3.63) is 48.5 Å². The number of benzene rings is 1. The van der Waals surface area contributed by atoms with Crippen LogP contribution in [0.4, 0.5) is 10.6 Å². The van der Waals surface area contributed by atoms with Gasteiger partial charge in [-0.25, -0.2) is 19.7 Å². The summed E-state index contributed by atoms with van der Waals surface area (Å²) in [4.78, 5) is 50.9. The van der Waals surface area contributed by atoms with E-state index in [0.29, 0.717) is 41.9 Å². The lowest BCUT2D eigenvalue weighted by atomic mass is 9.87. The highest BCUT2D eigenvalue weighted by Crippen LogP contribution is 2.32. The van der Waals surface area contributed by atoms with Gasteiger partial charge in [-0.15, -0.1) is 0 Å². The van der Waals surface area contributed by atoms with Crippen molar-refractivity contribution in [2.24, 2.45) is 0 Å². The first-order valence-electron chi connectivity index (χ1n) is 10.2. The van der Waals surface area contributed by atoms with Gasteiger partial charge in [0.05, 0.1) is 12.9 Å². The number of amides is 3. The number of ether oxygens (including phenoxy) is 1. The Balaban J connectivity index is 1.32. The Morgan fingerprint density at radius 2 is 1.97 bits per heavy atom. The van der Waals surface area contributed by atoms with Crippen LogP contribution >= 0.6 is 0 Å². The number of nitrogens with one attached hydrogen (secondary N) is 1. The predicted octanol–water partition coefficient (Wildman–Crippen LogP) is 1.20. The van der Waals surface area contributed by atoms with Gasteiger partial charge in [-0.05, 0) is 18.4 Å². The van der Waals surface area contributed by atoms with E-state index in [-0.39, 0.29) is 6.61 Å². The Kier molecular flexibility index (Phi) is 5.71. The number of imide groups is 1. The van der Waals surface area contributed by atoms with E-state index in [1.54, 1.807) is 35.2 Å². The van der Waals surface area contributed by atoms with Crippen LogP contribution in [-0.2, 0) is 26.4 Å². The van der Waals surface area contributed by atoms with E-state index in [0.717, 1.165) is 4.90 Å². The largest absolute Gasteiger partial charge is 0.464 e. The molecule has 0 saturated carbocycles. The maximum absolute atomic E-state index is 13.0. The third-order valence-electron chi connectivity index (χ3n) is 5.50. The quantitative estimate of drug-likeness (QED) is 0.304. The van der Waals surface area contributed by atoms with Crippen molar-refractivity contribution in [3.8, 4) is 0 Å². The zero-order chi connectivity index (χ0) is 22.7. The Bertz CT molecular complexity index is 1160. The first-order chi connectivity index (χ1) is 15.5. The van der Waals surface area contributed by atoms with Crippen LogP contribution in [0.2, 0.25) is 0 Å². The lowest BCUT2D eigenvalue weighted by molar-refractivity contribution is -0.148. The minimum atomic E-state index is -1.18. The highest BCUT2D eigenvalue weighted by atomic mass is 16.5. The molecule has 1 atom stereocenters. The first-order valence-corrected chi connectivity index (χ1v) is 10.2. The topological polar surface area (TPSA) is 145 Å². The number of nitrogens with zero attached hydrogens (tertiary/aromatic N) is 5. The number of nitrogens with two attached hydrogens (primary N) is 1. The summed E-state index contributed by atoms with van der Waals surface area (Å²) in [5.41, 5.74) is 6.38. The van der Waals surface area contributed by atoms with Crippen LogP contribution in [0.1, 0.15) is 25.3 Å². The number of anilines is 1. The van der Waals surface area contributed by atoms with E-state index >= 15 is 0 Å². The third-order valence-corrected chi connectivity index (χ3v) is 5.50. The molecule has 32 heavy (non-hydrogen) atoms. The van der Waals surface area contributed by atoms with Crippen LogP contribution in [0.5, 0.6) is 0 Å². The van der Waals surface area contributed by atoms with Gasteiger partial charge >= 0.3 is 12.0 Å². The van der Waals surface area contributed by atoms with Crippen LogP contribution in [0.25, 0.3) is 11.2 Å². The van der Waals surface area contributed by atoms with Gasteiger partial charge in [-0.3, -0.25) is 14.5 Å². The molecule has 1 saturated heterocycles. The summed E-state index contributed by atoms with van der Waals surface area (Å²) in [5, 5.41) is 2.74. The molecule has 1 fully saturated rings. The average Bonchev–Trinajstić information content (AvgIpc) is 3.33. The minimum Gasteiger partial charge on any atom is -0.464 e. The number of urea groups is 1. The standard InChI is InChI=1S/C21H23N7O4/c1-2-21(14-7-4-3-5-8-14)19(30)28(20(31)26-21)11-15(29)32-10-6-9-27-13-25-16-17(22)23-12-24-18(16)27/h3-5,7-8,12-13H,2,6,9-11H2,1H3,(H,26,31)(H2,22,23,24). The van der Waals surface area contributed by atoms with E-state index in [9.17, 15) is 14.4 Å². The average molecular weight is 437 g/mol. The summed E-state index contributed by atoms with van der Waals surface area (Å²) in [5.74, 6) is -0.821. The van der Waals surface area contributed by atoms with Crippen LogP contribution in [0.3, 0.4) is 0 Å². The molecular weight excluding hydrogens is 414 g/mol. The summed E-state index contributed by atoms with van der Waals surface area (Å²) in [6, 6.07) is 8.38. The van der Waals surface area contributed by atoms with E-state index < -0.39 is 30.0 Å². The number of carbonyl (C=O) groups excluding carboxylic acids is 3. The molecule has 0 radical (unpaired) electrons. The predicted molar refractivity (Wildman–Crippen MR) is 114 cm³/mol. The fourth-order valence-corrected chi connectivity index (χ4v) is 3.79. The van der Waals surface area contributed by atoms with Gasteiger partial charge < -0.3 is 20.4 Å². The lowest BCUT2D eigenvalue weighted by Crippen LogP contribution is -2.44. The van der Waals surface area contributed by atoms with Crippen molar-refractivity contribution in [2.75, 3.05) is 18.9 Å². The highest BCUT2D eigenvalue weighted by Gasteiger charge is 2.51. The number of carbonyl (C=O) groups is 3. The van der Waals surface area contributed by atoms with Crippen LogP contribution in [-0.4, -0.2) is 55.5 Å². The molecule has 0 bridgehead atoms. The number of esters is 1. The Labute approximate surface area is 183 Å². The molecule has 1 aromatic carbocycles. The maximum Gasteiger partial charge on any atom is 0.326 e. The van der Waals surface area contributed by atoms with Crippen molar-refractivity contribution in [1.82, 2.24) is 29.7 Å². The second kappa shape index (κ2) is 8.61. The summed E-state index contributed by atoms with van der Waals surface area (Å²) >= 11 is 0. The molecule has 166 valence electrons. The van der Waals surface area contributed by atoms with Gasteiger partial charge in [0, 0.05) is 6.54 Å². The van der Waals surface area contributed by atoms with Crippen molar-refractivity contribution < 1.29 is 19.1 Å². The summed E-state index contributed by atoms with van der Waals surface area (Å²) in [7, 11) is 0. The molecule has 11 heteroatoms. The zero-order valence-corrected chi connectivity index (χ0v) is 17.5. The molecule has 3 heterocycles. The molecule has 2 aromatic heterocycles. The zero-order valence-electron chi connectivity index (χ0n) is 17.5. The van der Waals surface area contributed by atoms with Crippen molar-refractivity contribution in [3.63, 3.8) is 0 Å². The van der Waals surface area contributed by atoms with Gasteiger partial charge in [-0.1, -0.05) is 37.3 Å². The molecule has 11 nitrogen and oxygen atoms in total. The van der Waals surface area contributed by atoms with Gasteiger partial charge in [0.15, 0.2) is 11.5 Å². The summed E-state index contributed by atoms with van der Waals surface area (Å²) < 4.78 is 7.02. The lowest BCUT2D eigenvalue weighted by Gasteiger charge is -2.25. The molecule has 1 unspecified atom stereocenters. The van der Waals surface area contributed by atoms with E-state index in [4.69, 9.17) is 10.5 Å². The SMILES string of the molecule is CCC1(c2ccccc2)NC(=O)N(CC(=O)OCCCn2cnc3c(N)ncnc32)C1=O. The Hall–Kier alpha value is -4.02. The summed E-state index contributed by atoms with van der Waals surface area (Å²) in [6.45, 7) is 1.97. The van der Waals surface area contributed by atoms with E-state index in [1.807, 2.05) is 13.0 Å². The Morgan fingerprint density at radius 1 is 1.19 bits per heavy atom. The molecule has 3 N–H and O–H groups in total. The third kappa shape index (κ3) is 3.72. The molecule has 3 amide bonds. The number of nitrogen functional groups attached to an aromatic ring is 1. The molecular formula is C21H23N7O4. The van der Waals surface area contributed by atoms with Crippen LogP contribution in [0.15, 0.2) is 43.0 Å². The van der Waals surface area contributed by atoms with Crippen molar-refractivity contribution >= 4 is 34.9 Å². The van der Waals surface area contributed by atoms with Crippen LogP contribution in [0, 0.1) is 0 Å². The summed E-state index contributed by atoms with van der Waals surface area (Å²) in [6.07, 6.45) is 3.81. The molecule has 1 aliphatic rings. The molecule has 3 aromatic rings. The number of rotatable bonds is 8. The minimum absolute atomic E-state index is 0.111. The first kappa shape index (κ1) is 21.2. The number of hydrogen-bond acceptors (Lipinski definition) is 8. The smallest absolute Gasteiger partial charge is 0.326 e. The van der Waals surface area contributed by atoms with E-state index in [1.165, 1.54) is 6.33 Å². The van der Waals surface area contributed by atoms with Crippen molar-refractivity contribution in [1.29, 1.82) is 0 Å². The number of hydrogen-bond donors (Lipinski definition) is 2. The van der Waals surface area contributed by atoms with Gasteiger partial charge in [0.2, 0.25) is 0 Å². The van der Waals surface area contributed by atoms with Gasteiger partial charge in [-0.2, -0.15) is 0 Å². The Morgan fingerprint density at radius 3 is 2.72 bits per heavy atom. The second-order valence-corrected chi connectivity index (χ2v) is 7.39. The van der Waals surface area contributed by atoms with E-state index in [2.05, 4.69) is 20.3 Å².